The van der Waals surface area contributed by atoms with E-state index >= 15 is 0 Å². The number of sulfonamides is 1. The summed E-state index contributed by atoms with van der Waals surface area (Å²) in [4.78, 5) is 5.00. The average Bonchev–Trinajstić information content (AvgIpc) is 2.48. The molecule has 0 bridgehead atoms. The molecule has 1 aromatic carbocycles. The van der Waals surface area contributed by atoms with Crippen molar-refractivity contribution in [1.82, 2.24) is 14.7 Å². The van der Waals surface area contributed by atoms with Gasteiger partial charge in [-0.1, -0.05) is 0 Å². The Morgan fingerprint density at radius 3 is 2.38 bits per heavy atom. The van der Waals surface area contributed by atoms with Gasteiger partial charge in [0.25, 0.3) is 10.0 Å². The Hall–Kier alpha value is -1.19. The molecule has 0 radical (unpaired) electrons. The van der Waals surface area contributed by atoms with Crippen molar-refractivity contribution >= 4 is 10.0 Å². The van der Waals surface area contributed by atoms with Gasteiger partial charge in [-0.15, -0.1) is 4.83 Å². The minimum absolute atomic E-state index is 0.224. The third-order valence-corrected chi connectivity index (χ3v) is 4.66. The zero-order valence-corrected chi connectivity index (χ0v) is 13.0. The van der Waals surface area contributed by atoms with Crippen LogP contribution in [0.3, 0.4) is 0 Å². The lowest BCUT2D eigenvalue weighted by Gasteiger charge is -2.32. The van der Waals surface area contributed by atoms with Crippen LogP contribution < -0.4 is 15.3 Å². The van der Waals surface area contributed by atoms with Crippen molar-refractivity contribution in [3.05, 3.63) is 24.3 Å². The topological polar surface area (TPSA) is 87.9 Å². The first-order chi connectivity index (χ1) is 10.0. The Labute approximate surface area is 125 Å². The van der Waals surface area contributed by atoms with E-state index in [9.17, 15) is 8.42 Å². The van der Waals surface area contributed by atoms with Crippen molar-refractivity contribution in [2.45, 2.75) is 4.90 Å². The predicted octanol–water partition coefficient (Wildman–Crippen LogP) is -0.535. The smallest absolute Gasteiger partial charge is 0.253 e. The van der Waals surface area contributed by atoms with Crippen LogP contribution in [0.4, 0.5) is 0 Å². The highest BCUT2D eigenvalue weighted by Crippen LogP contribution is 2.16. The zero-order chi connectivity index (χ0) is 15.3. The third-order valence-electron chi connectivity index (χ3n) is 3.27. The van der Waals surface area contributed by atoms with E-state index in [0.717, 1.165) is 13.1 Å². The van der Waals surface area contributed by atoms with Gasteiger partial charge in [-0.3, -0.25) is 0 Å². The summed E-state index contributed by atoms with van der Waals surface area (Å²) >= 11 is 0. The molecule has 1 heterocycles. The molecule has 7 nitrogen and oxygen atoms in total. The van der Waals surface area contributed by atoms with Crippen molar-refractivity contribution in [1.29, 1.82) is 0 Å². The molecule has 8 heteroatoms. The van der Waals surface area contributed by atoms with E-state index in [2.05, 4.69) is 9.73 Å². The molecule has 3 N–H and O–H groups in total. The highest BCUT2D eigenvalue weighted by Gasteiger charge is 2.21. The maximum Gasteiger partial charge on any atom is 0.253 e. The van der Waals surface area contributed by atoms with E-state index in [4.69, 9.17) is 10.5 Å². The van der Waals surface area contributed by atoms with Gasteiger partial charge >= 0.3 is 0 Å². The molecule has 0 saturated carbocycles. The summed E-state index contributed by atoms with van der Waals surface area (Å²) in [7, 11) is -1.52. The van der Waals surface area contributed by atoms with Gasteiger partial charge in [0.15, 0.2) is 0 Å². The van der Waals surface area contributed by atoms with Crippen molar-refractivity contribution in [3.63, 3.8) is 0 Å². The van der Waals surface area contributed by atoms with E-state index in [0.29, 0.717) is 32.0 Å². The molecule has 1 saturated heterocycles. The Bertz CT molecular complexity index is 539. The van der Waals surface area contributed by atoms with Gasteiger partial charge in [-0.2, -0.15) is 0 Å². The summed E-state index contributed by atoms with van der Waals surface area (Å²) in [6.07, 6.45) is 0. The standard InChI is InChI=1S/C13H22N4O3S/c1-16-7-9-17(10-8-16)15-21(18,19)13-4-2-12(3-5-13)20-11-6-14/h2-5,15H,6-11,14H2,1H3. The molecule has 0 unspecified atom stereocenters. The van der Waals surface area contributed by atoms with Gasteiger partial charge in [-0.25, -0.2) is 13.4 Å². The number of piperazine rings is 1. The summed E-state index contributed by atoms with van der Waals surface area (Å²) in [5, 5.41) is 1.73. The van der Waals surface area contributed by atoms with Crippen LogP contribution in [-0.2, 0) is 10.0 Å². The number of ether oxygens (including phenoxy) is 1. The Balaban J connectivity index is 1.98. The number of nitrogens with two attached hydrogens (primary N) is 1. The first kappa shape index (κ1) is 16.2. The van der Waals surface area contributed by atoms with E-state index in [1.54, 1.807) is 17.1 Å². The quantitative estimate of drug-likeness (QED) is 0.733. The maximum atomic E-state index is 12.3. The lowest BCUT2D eigenvalue weighted by Crippen LogP contribution is -2.52. The summed E-state index contributed by atoms with van der Waals surface area (Å²) in [6, 6.07) is 6.33. The van der Waals surface area contributed by atoms with Crippen LogP contribution in [-0.4, -0.2) is 64.7 Å². The number of hydrogen-bond acceptors (Lipinski definition) is 6. The lowest BCUT2D eigenvalue weighted by atomic mass is 10.3. The molecule has 1 fully saturated rings. The number of benzene rings is 1. The molecule has 0 spiro atoms. The Morgan fingerprint density at radius 2 is 1.81 bits per heavy atom. The van der Waals surface area contributed by atoms with E-state index in [1.807, 2.05) is 7.05 Å². The van der Waals surface area contributed by atoms with Crippen LogP contribution in [0, 0.1) is 0 Å². The van der Waals surface area contributed by atoms with Crippen molar-refractivity contribution in [2.75, 3.05) is 46.4 Å². The molecular formula is C13H22N4O3S. The largest absolute Gasteiger partial charge is 0.492 e. The van der Waals surface area contributed by atoms with Gasteiger partial charge in [0.05, 0.1) is 4.90 Å². The molecule has 0 atom stereocenters. The second kappa shape index (κ2) is 7.19. The van der Waals surface area contributed by atoms with Crippen molar-refractivity contribution in [2.24, 2.45) is 5.73 Å². The van der Waals surface area contributed by atoms with E-state index < -0.39 is 10.0 Å². The van der Waals surface area contributed by atoms with Gasteiger partial charge in [0.2, 0.25) is 0 Å². The predicted molar refractivity (Wildman–Crippen MR) is 80.4 cm³/mol. The Morgan fingerprint density at radius 1 is 1.19 bits per heavy atom. The number of hydrazine groups is 1. The molecule has 1 aromatic rings. The number of likely N-dealkylation sites (N-methyl/N-ethyl adjacent to an activating group) is 1. The summed E-state index contributed by atoms with van der Waals surface area (Å²) in [6.45, 7) is 3.86. The summed E-state index contributed by atoms with van der Waals surface area (Å²) in [5.74, 6) is 0.610. The van der Waals surface area contributed by atoms with Gasteiger partial charge in [0.1, 0.15) is 12.4 Å². The van der Waals surface area contributed by atoms with Crippen molar-refractivity contribution < 1.29 is 13.2 Å². The second-order valence-corrected chi connectivity index (χ2v) is 6.65. The van der Waals surface area contributed by atoms with Crippen LogP contribution in [0.2, 0.25) is 0 Å². The van der Waals surface area contributed by atoms with Gasteiger partial charge in [-0.05, 0) is 31.3 Å². The minimum Gasteiger partial charge on any atom is -0.492 e. The molecule has 2 rings (SSSR count). The molecule has 1 aliphatic rings. The highest BCUT2D eigenvalue weighted by molar-refractivity contribution is 7.89. The number of rotatable bonds is 6. The number of nitrogens with one attached hydrogen (secondary N) is 1. The van der Waals surface area contributed by atoms with Crippen molar-refractivity contribution in [3.8, 4) is 5.75 Å². The molecule has 21 heavy (non-hydrogen) atoms. The average molecular weight is 314 g/mol. The van der Waals surface area contributed by atoms with Crippen LogP contribution in [0.15, 0.2) is 29.2 Å². The fourth-order valence-electron chi connectivity index (χ4n) is 2.01. The maximum absolute atomic E-state index is 12.3. The minimum atomic E-state index is -3.54. The van der Waals surface area contributed by atoms with E-state index in [1.165, 1.54) is 12.1 Å². The van der Waals surface area contributed by atoms with Crippen LogP contribution in [0.1, 0.15) is 0 Å². The number of nitrogens with zero attached hydrogens (tertiary/aromatic N) is 2. The fraction of sp³-hybridized carbons (Fsp3) is 0.538. The highest BCUT2D eigenvalue weighted by atomic mass is 32.2. The number of hydrogen-bond donors (Lipinski definition) is 2. The van der Waals surface area contributed by atoms with Crippen LogP contribution in [0.25, 0.3) is 0 Å². The molecule has 1 aliphatic heterocycles. The van der Waals surface area contributed by atoms with Crippen LogP contribution >= 0.6 is 0 Å². The molecule has 0 amide bonds. The van der Waals surface area contributed by atoms with Gasteiger partial charge in [0, 0.05) is 32.7 Å². The second-order valence-electron chi connectivity index (χ2n) is 4.99. The normalized spacial score (nSPS) is 17.8. The summed E-state index contributed by atoms with van der Waals surface area (Å²) in [5.41, 5.74) is 5.35. The molecular weight excluding hydrogens is 292 g/mol. The Kier molecular flexibility index (Phi) is 5.54. The monoisotopic (exact) mass is 314 g/mol. The van der Waals surface area contributed by atoms with Gasteiger partial charge < -0.3 is 15.4 Å². The van der Waals surface area contributed by atoms with E-state index in [-0.39, 0.29) is 4.90 Å². The summed E-state index contributed by atoms with van der Waals surface area (Å²) < 4.78 is 29.9. The lowest BCUT2D eigenvalue weighted by molar-refractivity contribution is 0.135. The zero-order valence-electron chi connectivity index (χ0n) is 12.2. The fourth-order valence-corrected chi connectivity index (χ4v) is 3.13. The molecule has 0 aromatic heterocycles. The first-order valence-electron chi connectivity index (χ1n) is 6.90. The molecule has 0 aliphatic carbocycles. The van der Waals surface area contributed by atoms with Crippen LogP contribution in [0.5, 0.6) is 5.75 Å². The first-order valence-corrected chi connectivity index (χ1v) is 8.38. The third kappa shape index (κ3) is 4.65. The molecule has 118 valence electrons. The SMILES string of the molecule is CN1CCN(NS(=O)(=O)c2ccc(OCCN)cc2)CC1.